The lowest BCUT2D eigenvalue weighted by Crippen LogP contribution is -2.61. The second-order valence-electron chi connectivity index (χ2n) is 9.61. The minimum absolute atomic E-state index is 0. The molecule has 0 spiro atoms. The van der Waals surface area contributed by atoms with Crippen molar-refractivity contribution in [3.05, 3.63) is 30.7 Å². The number of halogens is 1. The van der Waals surface area contributed by atoms with Crippen LogP contribution in [0.1, 0.15) is 40.5 Å². The van der Waals surface area contributed by atoms with Gasteiger partial charge in [-0.2, -0.15) is 5.10 Å². The van der Waals surface area contributed by atoms with Crippen molar-refractivity contribution in [3.63, 3.8) is 0 Å². The number of anilines is 1. The summed E-state index contributed by atoms with van der Waals surface area (Å²) >= 11 is 3.28. The van der Waals surface area contributed by atoms with Crippen molar-refractivity contribution in [2.75, 3.05) is 11.9 Å². The van der Waals surface area contributed by atoms with Crippen molar-refractivity contribution >= 4 is 49.9 Å². The highest BCUT2D eigenvalue weighted by Crippen LogP contribution is 2.39. The summed E-state index contributed by atoms with van der Waals surface area (Å²) in [5, 5.41) is 12.5. The summed E-state index contributed by atoms with van der Waals surface area (Å²) in [5.41, 5.74) is 3.15. The third kappa shape index (κ3) is 4.52. The summed E-state index contributed by atoms with van der Waals surface area (Å²) in [5.74, 6) is 0. The molecule has 4 aromatic rings. The maximum Gasteiger partial charge on any atom is 0.188 e. The maximum absolute atomic E-state index is 4.93. The predicted molar refractivity (Wildman–Crippen MR) is 136 cm³/mol. The first-order valence-electron chi connectivity index (χ1n) is 10.4. The molecule has 10 heteroatoms. The smallest absolute Gasteiger partial charge is 0.188 e. The van der Waals surface area contributed by atoms with Crippen LogP contribution >= 0.6 is 35.1 Å². The molecular weight excluding hydrogens is 462 g/mol. The van der Waals surface area contributed by atoms with Crippen LogP contribution in [-0.4, -0.2) is 49.3 Å². The molecule has 2 N–H and O–H groups in total. The van der Waals surface area contributed by atoms with Gasteiger partial charge >= 0.3 is 0 Å². The Morgan fingerprint density at radius 2 is 1.69 bits per heavy atom. The lowest BCUT2D eigenvalue weighted by Gasteiger charge is -2.48. The number of piperidine rings is 1. The van der Waals surface area contributed by atoms with Crippen LogP contribution in [0.3, 0.4) is 0 Å². The number of H-pyrrole nitrogens is 1. The summed E-state index contributed by atoms with van der Waals surface area (Å²) in [6, 6.07) is 4.51. The van der Waals surface area contributed by atoms with Gasteiger partial charge in [0.2, 0.25) is 0 Å². The Kier molecular flexibility index (Phi) is 6.04. The Hall–Kier alpha value is -2.07. The highest BCUT2D eigenvalue weighted by molar-refractivity contribution is 7.29. The zero-order valence-corrected chi connectivity index (χ0v) is 21.3. The quantitative estimate of drug-likeness (QED) is 0.401. The molecule has 0 unspecified atom stereocenters. The van der Waals surface area contributed by atoms with E-state index in [2.05, 4.69) is 66.2 Å². The molecule has 0 aromatic carbocycles. The zero-order chi connectivity index (χ0) is 21.8. The fraction of sp³-hybridized carbons (Fsp3) is 0.455. The molecule has 1 saturated heterocycles. The monoisotopic (exact) mass is 489 g/mol. The predicted octanol–water partition coefficient (Wildman–Crippen LogP) is 5.37. The van der Waals surface area contributed by atoms with Crippen molar-refractivity contribution in [1.29, 1.82) is 0 Å². The number of aromatic nitrogens is 5. The summed E-state index contributed by atoms with van der Waals surface area (Å²) in [7, 11) is 2.17. The van der Waals surface area contributed by atoms with Crippen LogP contribution in [0.5, 0.6) is 0 Å². The molecule has 5 rings (SSSR count). The molecule has 170 valence electrons. The van der Waals surface area contributed by atoms with Gasteiger partial charge in [-0.05, 0) is 46.6 Å². The van der Waals surface area contributed by atoms with Crippen molar-refractivity contribution < 1.29 is 0 Å². The van der Waals surface area contributed by atoms with Gasteiger partial charge in [0, 0.05) is 47.7 Å². The molecular formula is C22H28ClN7S2. The fourth-order valence-corrected chi connectivity index (χ4v) is 6.74. The van der Waals surface area contributed by atoms with Crippen LogP contribution < -0.4 is 10.2 Å². The number of hydrogen-bond acceptors (Lipinski definition) is 8. The van der Waals surface area contributed by atoms with E-state index in [1.54, 1.807) is 28.9 Å². The third-order valence-electron chi connectivity index (χ3n) is 5.80. The van der Waals surface area contributed by atoms with Crippen LogP contribution in [0.2, 0.25) is 0 Å². The van der Waals surface area contributed by atoms with Gasteiger partial charge in [-0.25, -0.2) is 9.97 Å². The Morgan fingerprint density at radius 3 is 2.28 bits per heavy atom. The zero-order valence-electron chi connectivity index (χ0n) is 18.8. The van der Waals surface area contributed by atoms with Crippen LogP contribution in [-0.2, 0) is 0 Å². The molecule has 1 aliphatic heterocycles. The molecule has 0 radical (unpaired) electrons. The van der Waals surface area contributed by atoms with Gasteiger partial charge in [-0.1, -0.05) is 28.7 Å². The maximum atomic E-state index is 4.93. The Morgan fingerprint density at radius 1 is 0.969 bits per heavy atom. The summed E-state index contributed by atoms with van der Waals surface area (Å²) in [6.07, 6.45) is 7.70. The molecule has 0 saturated carbocycles. The first-order valence-corrected chi connectivity index (χ1v) is 12.1. The number of rotatable bonds is 4. The molecule has 7 nitrogen and oxygen atoms in total. The van der Waals surface area contributed by atoms with Crippen LogP contribution in [0, 0.1) is 0 Å². The number of thiazole rings is 2. The van der Waals surface area contributed by atoms with Gasteiger partial charge in [0.05, 0.1) is 11.9 Å². The van der Waals surface area contributed by atoms with E-state index in [0.717, 1.165) is 49.5 Å². The molecule has 0 aliphatic carbocycles. The van der Waals surface area contributed by atoms with E-state index in [0.29, 0.717) is 6.04 Å². The van der Waals surface area contributed by atoms with Crippen molar-refractivity contribution in [1.82, 2.24) is 30.5 Å². The molecule has 32 heavy (non-hydrogen) atoms. The van der Waals surface area contributed by atoms with Gasteiger partial charge in [0.25, 0.3) is 0 Å². The average Bonchev–Trinajstić information content (AvgIpc) is 3.41. The first-order chi connectivity index (χ1) is 14.7. The Bertz CT molecular complexity index is 1150. The minimum Gasteiger partial charge on any atom is -0.348 e. The lowest BCUT2D eigenvalue weighted by molar-refractivity contribution is 0.161. The van der Waals surface area contributed by atoms with Gasteiger partial charge in [-0.15, -0.1) is 12.4 Å². The second kappa shape index (κ2) is 8.37. The number of pyridine rings is 1. The van der Waals surface area contributed by atoms with Crippen molar-refractivity contribution in [3.8, 4) is 21.8 Å². The molecule has 0 atom stereocenters. The first kappa shape index (κ1) is 23.1. The normalized spacial score (nSPS) is 17.9. The molecule has 0 bridgehead atoms. The standard InChI is InChI=1S/C22H27N7S2.ClH/c1-21(2)8-15(9-22(3,4)28-21)29(5)20-27-19-18(31-20)26-17(30-19)16-7-6-13(10-23-16)14-11-24-25-12-14;/h6-7,10-12,15,28H,8-9H2,1-5H3,(H,24,25);1H. The lowest BCUT2D eigenvalue weighted by atomic mass is 9.79. The average molecular weight is 490 g/mol. The van der Waals surface area contributed by atoms with Crippen molar-refractivity contribution in [2.24, 2.45) is 0 Å². The highest BCUT2D eigenvalue weighted by Gasteiger charge is 2.39. The summed E-state index contributed by atoms with van der Waals surface area (Å²) in [6.45, 7) is 9.14. The van der Waals surface area contributed by atoms with E-state index >= 15 is 0 Å². The highest BCUT2D eigenvalue weighted by atomic mass is 35.5. The second-order valence-corrected chi connectivity index (χ2v) is 11.5. The van der Waals surface area contributed by atoms with Crippen LogP contribution in [0.4, 0.5) is 5.13 Å². The van der Waals surface area contributed by atoms with E-state index in [-0.39, 0.29) is 23.5 Å². The van der Waals surface area contributed by atoms with Gasteiger partial charge < -0.3 is 10.2 Å². The van der Waals surface area contributed by atoms with E-state index < -0.39 is 0 Å². The largest absolute Gasteiger partial charge is 0.348 e. The number of fused-ring (bicyclic) bond motifs is 1. The minimum atomic E-state index is 0. The molecule has 1 aliphatic rings. The van der Waals surface area contributed by atoms with Gasteiger partial charge in [-0.3, -0.25) is 10.1 Å². The molecule has 4 aromatic heterocycles. The molecule has 5 heterocycles. The number of aromatic amines is 1. The number of nitrogens with zero attached hydrogens (tertiary/aromatic N) is 5. The van der Waals surface area contributed by atoms with Gasteiger partial charge in [0.1, 0.15) is 5.01 Å². The Labute approximate surface area is 202 Å². The summed E-state index contributed by atoms with van der Waals surface area (Å²) in [4.78, 5) is 18.7. The van der Waals surface area contributed by atoms with E-state index in [4.69, 9.17) is 9.97 Å². The summed E-state index contributed by atoms with van der Waals surface area (Å²) < 4.78 is 0. The number of hydrogen-bond donors (Lipinski definition) is 2. The SMILES string of the molecule is CN(c1nc2sc(-c3ccc(-c4cn[nH]c4)cn3)nc2s1)C1CC(C)(C)NC(C)(C)C1.Cl. The Balaban J connectivity index is 0.00000245. The number of nitrogens with one attached hydrogen (secondary N) is 2. The van der Waals surface area contributed by atoms with E-state index in [1.807, 2.05) is 18.5 Å². The van der Waals surface area contributed by atoms with Gasteiger partial charge in [0.15, 0.2) is 14.8 Å². The molecule has 0 amide bonds. The molecule has 1 fully saturated rings. The van der Waals surface area contributed by atoms with Crippen molar-refractivity contribution in [2.45, 2.75) is 57.7 Å². The third-order valence-corrected chi connectivity index (χ3v) is 7.94. The van der Waals surface area contributed by atoms with E-state index in [9.17, 15) is 0 Å². The fourth-order valence-electron chi connectivity index (χ4n) is 4.69. The van der Waals surface area contributed by atoms with E-state index in [1.165, 1.54) is 0 Å². The van der Waals surface area contributed by atoms with Crippen LogP contribution in [0.25, 0.3) is 31.5 Å². The topological polar surface area (TPSA) is 82.6 Å². The van der Waals surface area contributed by atoms with Crippen LogP contribution in [0.15, 0.2) is 30.7 Å².